The van der Waals surface area contributed by atoms with Crippen LogP contribution in [0.4, 0.5) is 18.9 Å². The highest BCUT2D eigenvalue weighted by Gasteiger charge is 2.33. The number of halogens is 3. The van der Waals surface area contributed by atoms with E-state index in [0.29, 0.717) is 10.1 Å². The zero-order valence-electron chi connectivity index (χ0n) is 13.1. The number of H-pyrrole nitrogens is 1. The maximum atomic E-state index is 13.0. The quantitative estimate of drug-likeness (QED) is 0.749. The summed E-state index contributed by atoms with van der Waals surface area (Å²) in [5.41, 5.74) is -2.69. The number of nitrogens with zero attached hydrogens (tertiary/aromatic N) is 1. The van der Waals surface area contributed by atoms with Crippen molar-refractivity contribution in [3.63, 3.8) is 0 Å². The first kappa shape index (κ1) is 17.5. The predicted octanol–water partition coefficient (Wildman–Crippen LogP) is 2.35. The molecular weight excluding hydrogens is 351 g/mol. The van der Waals surface area contributed by atoms with Crippen LogP contribution in [0.3, 0.4) is 0 Å². The van der Waals surface area contributed by atoms with Crippen LogP contribution in [0.2, 0.25) is 0 Å². The minimum Gasteiger partial charge on any atom is -0.324 e. The number of alkyl halides is 3. The lowest BCUT2D eigenvalue weighted by Crippen LogP contribution is -2.38. The summed E-state index contributed by atoms with van der Waals surface area (Å²) in [6, 6.07) is 10.7. The van der Waals surface area contributed by atoms with Gasteiger partial charge in [-0.25, -0.2) is 4.79 Å². The van der Waals surface area contributed by atoms with E-state index >= 15 is 0 Å². The van der Waals surface area contributed by atoms with Crippen molar-refractivity contribution < 1.29 is 18.0 Å². The Morgan fingerprint density at radius 3 is 2.42 bits per heavy atom. The van der Waals surface area contributed by atoms with Crippen molar-refractivity contribution in [1.82, 2.24) is 9.55 Å². The molecule has 0 bridgehead atoms. The Balaban J connectivity index is 1.92. The number of amides is 1. The molecule has 3 aromatic rings. The molecule has 0 aliphatic carbocycles. The zero-order valence-corrected chi connectivity index (χ0v) is 13.1. The van der Waals surface area contributed by atoms with Crippen LogP contribution in [0.5, 0.6) is 0 Å². The molecule has 0 spiro atoms. The summed E-state index contributed by atoms with van der Waals surface area (Å²) in [5.74, 6) is -0.926. The highest BCUT2D eigenvalue weighted by Crippen LogP contribution is 2.34. The maximum Gasteiger partial charge on any atom is 0.418 e. The molecular formula is C17H12F3N3O3. The molecule has 6 nitrogen and oxygen atoms in total. The molecule has 1 amide bonds. The fourth-order valence-electron chi connectivity index (χ4n) is 2.52. The largest absolute Gasteiger partial charge is 0.418 e. The molecule has 0 fully saturated rings. The number of hydrogen-bond donors (Lipinski definition) is 2. The van der Waals surface area contributed by atoms with Gasteiger partial charge < -0.3 is 10.3 Å². The van der Waals surface area contributed by atoms with Gasteiger partial charge in [-0.3, -0.25) is 14.2 Å². The van der Waals surface area contributed by atoms with E-state index in [-0.39, 0.29) is 5.39 Å². The van der Waals surface area contributed by atoms with Crippen LogP contribution in [-0.4, -0.2) is 15.5 Å². The van der Waals surface area contributed by atoms with Crippen molar-refractivity contribution in [3.8, 4) is 0 Å². The number of benzene rings is 2. The van der Waals surface area contributed by atoms with Crippen molar-refractivity contribution in [2.75, 3.05) is 5.32 Å². The van der Waals surface area contributed by atoms with E-state index in [0.717, 1.165) is 12.1 Å². The Morgan fingerprint density at radius 2 is 1.69 bits per heavy atom. The summed E-state index contributed by atoms with van der Waals surface area (Å²) in [5, 5.41) is 2.29. The van der Waals surface area contributed by atoms with Gasteiger partial charge in [-0.2, -0.15) is 13.2 Å². The van der Waals surface area contributed by atoms with Gasteiger partial charge in [0.2, 0.25) is 5.91 Å². The number of hydrogen-bond acceptors (Lipinski definition) is 3. The molecule has 26 heavy (non-hydrogen) atoms. The molecule has 0 saturated heterocycles. The second-order valence-electron chi connectivity index (χ2n) is 5.46. The smallest absolute Gasteiger partial charge is 0.324 e. The van der Waals surface area contributed by atoms with Crippen LogP contribution in [-0.2, 0) is 17.5 Å². The number of anilines is 1. The van der Waals surface area contributed by atoms with Crippen molar-refractivity contribution in [1.29, 1.82) is 0 Å². The van der Waals surface area contributed by atoms with Crippen molar-refractivity contribution >= 4 is 22.5 Å². The number of rotatable bonds is 3. The van der Waals surface area contributed by atoms with Crippen LogP contribution in [0.1, 0.15) is 5.56 Å². The van der Waals surface area contributed by atoms with Crippen molar-refractivity contribution in [3.05, 3.63) is 74.9 Å². The van der Waals surface area contributed by atoms with Gasteiger partial charge in [-0.05, 0) is 24.3 Å². The minimum atomic E-state index is -4.65. The summed E-state index contributed by atoms with van der Waals surface area (Å²) in [6.07, 6.45) is -4.65. The van der Waals surface area contributed by atoms with Gasteiger partial charge in [-0.1, -0.05) is 24.3 Å². The zero-order chi connectivity index (χ0) is 18.9. The van der Waals surface area contributed by atoms with Crippen LogP contribution < -0.4 is 16.6 Å². The van der Waals surface area contributed by atoms with Gasteiger partial charge in [0.15, 0.2) is 0 Å². The molecule has 1 heterocycles. The van der Waals surface area contributed by atoms with Gasteiger partial charge in [0.05, 0.1) is 22.2 Å². The molecule has 134 valence electrons. The molecule has 0 radical (unpaired) electrons. The standard InChI is InChI=1S/C17H12F3N3O3/c18-17(19,20)11-6-2-4-8-13(11)21-14(24)9-23-15(25)10-5-1-3-7-12(10)22-16(23)26/h1-8H,9H2,(H,21,24)(H,22,26). The summed E-state index contributed by atoms with van der Waals surface area (Å²) in [7, 11) is 0. The normalized spacial score (nSPS) is 11.5. The van der Waals surface area contributed by atoms with Gasteiger partial charge in [0, 0.05) is 0 Å². The maximum absolute atomic E-state index is 13.0. The van der Waals surface area contributed by atoms with Crippen LogP contribution in [0, 0.1) is 0 Å². The Labute approximate surface area is 143 Å². The van der Waals surface area contributed by atoms with E-state index in [9.17, 15) is 27.6 Å². The Morgan fingerprint density at radius 1 is 1.04 bits per heavy atom. The Kier molecular flexibility index (Phi) is 4.37. The van der Waals surface area contributed by atoms with E-state index in [2.05, 4.69) is 10.3 Å². The summed E-state index contributed by atoms with van der Waals surface area (Å²) in [4.78, 5) is 38.9. The van der Waals surface area contributed by atoms with Crippen molar-refractivity contribution in [2.24, 2.45) is 0 Å². The average molecular weight is 363 g/mol. The topological polar surface area (TPSA) is 84.0 Å². The Bertz CT molecular complexity index is 1100. The molecule has 0 aliphatic rings. The van der Waals surface area contributed by atoms with E-state index in [1.807, 2.05) is 0 Å². The average Bonchev–Trinajstić information content (AvgIpc) is 2.58. The lowest BCUT2D eigenvalue weighted by Gasteiger charge is -2.13. The SMILES string of the molecule is O=C(Cn1c(=O)[nH]c2ccccc2c1=O)Nc1ccccc1C(F)(F)F. The molecule has 9 heteroatoms. The molecule has 0 unspecified atom stereocenters. The van der Waals surface area contributed by atoms with Gasteiger partial charge in [0.25, 0.3) is 5.56 Å². The molecule has 2 N–H and O–H groups in total. The number of fused-ring (bicyclic) bond motifs is 1. The lowest BCUT2D eigenvalue weighted by atomic mass is 10.1. The van der Waals surface area contributed by atoms with Crippen LogP contribution in [0.15, 0.2) is 58.1 Å². The number of aromatic nitrogens is 2. The van der Waals surface area contributed by atoms with Gasteiger partial charge in [-0.15, -0.1) is 0 Å². The highest BCUT2D eigenvalue weighted by atomic mass is 19.4. The number of carbonyl (C=O) groups is 1. The summed E-state index contributed by atoms with van der Waals surface area (Å²) < 4.78 is 39.5. The van der Waals surface area contributed by atoms with Gasteiger partial charge in [0.1, 0.15) is 6.54 Å². The van der Waals surface area contributed by atoms with Gasteiger partial charge >= 0.3 is 11.9 Å². The number of para-hydroxylation sites is 2. The first-order valence-corrected chi connectivity index (χ1v) is 7.45. The number of nitrogens with one attached hydrogen (secondary N) is 2. The minimum absolute atomic E-state index is 0.190. The van der Waals surface area contributed by atoms with E-state index in [4.69, 9.17) is 0 Å². The second kappa shape index (κ2) is 6.51. The Hall–Kier alpha value is -3.36. The third kappa shape index (κ3) is 3.37. The molecule has 3 rings (SSSR count). The number of aromatic amines is 1. The third-order valence-electron chi connectivity index (χ3n) is 3.70. The monoisotopic (exact) mass is 363 g/mol. The lowest BCUT2D eigenvalue weighted by molar-refractivity contribution is -0.137. The first-order valence-electron chi connectivity index (χ1n) is 7.45. The van der Waals surface area contributed by atoms with E-state index in [1.165, 1.54) is 24.3 Å². The molecule has 0 saturated carbocycles. The molecule has 1 aromatic heterocycles. The van der Waals surface area contributed by atoms with Crippen LogP contribution in [0.25, 0.3) is 10.9 Å². The highest BCUT2D eigenvalue weighted by molar-refractivity contribution is 5.91. The number of carbonyl (C=O) groups excluding carboxylic acids is 1. The van der Waals surface area contributed by atoms with Crippen LogP contribution >= 0.6 is 0 Å². The first-order chi connectivity index (χ1) is 12.3. The van der Waals surface area contributed by atoms with Crippen molar-refractivity contribution in [2.45, 2.75) is 12.7 Å². The second-order valence-corrected chi connectivity index (χ2v) is 5.46. The summed E-state index contributed by atoms with van der Waals surface area (Å²) >= 11 is 0. The molecule has 0 aliphatic heterocycles. The molecule has 2 aromatic carbocycles. The van der Waals surface area contributed by atoms with E-state index < -0.39 is 41.1 Å². The molecule has 0 atom stereocenters. The summed E-state index contributed by atoms with van der Waals surface area (Å²) in [6.45, 7) is -0.717. The fourth-order valence-corrected chi connectivity index (χ4v) is 2.52. The van der Waals surface area contributed by atoms with E-state index in [1.54, 1.807) is 12.1 Å². The predicted molar refractivity (Wildman–Crippen MR) is 88.9 cm³/mol. The third-order valence-corrected chi connectivity index (χ3v) is 3.70. The fraction of sp³-hybridized carbons (Fsp3) is 0.118.